The molecule has 0 aromatic rings. The molecule has 0 saturated carbocycles. The third-order valence-corrected chi connectivity index (χ3v) is 2.87. The van der Waals surface area contributed by atoms with Gasteiger partial charge in [-0.05, 0) is 11.1 Å². The lowest BCUT2D eigenvalue weighted by Crippen LogP contribution is -2.61. The van der Waals surface area contributed by atoms with Crippen LogP contribution >= 0.6 is 0 Å². The molecule has 12 nitrogen and oxygen atoms in total. The summed E-state index contributed by atoms with van der Waals surface area (Å²) >= 11 is 0. The standard InChI is InChI=1S/C8H14N6O6/c9-13-11-1-2(15)4(16)7-6(18)5(17)3(12-14-10)8(19)20-7/h2-8,15-19H,1H2. The molecular formula is C8H14N6O6. The zero-order valence-corrected chi connectivity index (χ0v) is 10.1. The lowest BCUT2D eigenvalue weighted by Gasteiger charge is -2.41. The third-order valence-electron chi connectivity index (χ3n) is 2.87. The van der Waals surface area contributed by atoms with E-state index in [4.69, 9.17) is 15.8 Å². The second-order valence-electron chi connectivity index (χ2n) is 4.14. The van der Waals surface area contributed by atoms with Crippen LogP contribution in [-0.4, -0.2) is 74.9 Å². The van der Waals surface area contributed by atoms with Gasteiger partial charge in [-0.15, -0.1) is 0 Å². The molecule has 1 aliphatic heterocycles. The molecule has 7 unspecified atom stereocenters. The van der Waals surface area contributed by atoms with Gasteiger partial charge in [-0.1, -0.05) is 10.2 Å². The van der Waals surface area contributed by atoms with Gasteiger partial charge in [0.25, 0.3) is 0 Å². The molecule has 1 saturated heterocycles. The fourth-order valence-electron chi connectivity index (χ4n) is 1.80. The molecule has 0 amide bonds. The highest BCUT2D eigenvalue weighted by Crippen LogP contribution is 2.25. The number of aliphatic hydroxyl groups is 5. The number of aliphatic hydroxyl groups excluding tert-OH is 5. The highest BCUT2D eigenvalue weighted by Gasteiger charge is 2.47. The average molecular weight is 290 g/mol. The topological polar surface area (TPSA) is 208 Å². The van der Waals surface area contributed by atoms with Gasteiger partial charge in [0.05, 0.1) is 18.8 Å². The summed E-state index contributed by atoms with van der Waals surface area (Å²) < 4.78 is 4.83. The van der Waals surface area contributed by atoms with Crippen molar-refractivity contribution in [3.05, 3.63) is 20.9 Å². The molecule has 5 N–H and O–H groups in total. The second kappa shape index (κ2) is 7.24. The molecule has 1 heterocycles. The number of rotatable bonds is 5. The summed E-state index contributed by atoms with van der Waals surface area (Å²) in [6.45, 7) is -0.490. The number of hydrogen-bond acceptors (Lipinski definition) is 8. The molecule has 7 atom stereocenters. The number of nitrogens with zero attached hydrogens (tertiary/aromatic N) is 6. The SMILES string of the molecule is [N-]=[N+]=NCC(O)C(O)C1OC(O)C(N=[N+]=[N-])C(O)C1O. The van der Waals surface area contributed by atoms with Gasteiger partial charge in [0.15, 0.2) is 6.29 Å². The number of ether oxygens (including phenoxy) is 1. The van der Waals surface area contributed by atoms with Gasteiger partial charge < -0.3 is 30.3 Å². The van der Waals surface area contributed by atoms with Crippen molar-refractivity contribution in [2.24, 2.45) is 10.2 Å². The Morgan fingerprint density at radius 2 is 1.75 bits per heavy atom. The Balaban J connectivity index is 2.82. The predicted octanol–water partition coefficient (Wildman–Crippen LogP) is -1.86. The average Bonchev–Trinajstić information content (AvgIpc) is 2.44. The fraction of sp³-hybridized carbons (Fsp3) is 1.00. The minimum Gasteiger partial charge on any atom is -0.390 e. The summed E-state index contributed by atoms with van der Waals surface area (Å²) in [5.41, 5.74) is 16.4. The van der Waals surface area contributed by atoms with E-state index >= 15 is 0 Å². The molecule has 0 aromatic carbocycles. The van der Waals surface area contributed by atoms with Crippen molar-refractivity contribution in [1.29, 1.82) is 0 Å². The first kappa shape index (κ1) is 16.4. The van der Waals surface area contributed by atoms with E-state index in [1.165, 1.54) is 0 Å². The lowest BCUT2D eigenvalue weighted by atomic mass is 9.92. The molecule has 0 spiro atoms. The van der Waals surface area contributed by atoms with Crippen LogP contribution in [0.4, 0.5) is 0 Å². The summed E-state index contributed by atoms with van der Waals surface area (Å²) in [5.74, 6) is 0. The monoisotopic (exact) mass is 290 g/mol. The van der Waals surface area contributed by atoms with Crippen LogP contribution in [0.3, 0.4) is 0 Å². The minimum atomic E-state index is -1.77. The number of hydrogen-bond donors (Lipinski definition) is 5. The maximum atomic E-state index is 9.75. The van der Waals surface area contributed by atoms with Crippen molar-refractivity contribution < 1.29 is 30.3 Å². The van der Waals surface area contributed by atoms with Crippen LogP contribution in [0, 0.1) is 0 Å². The summed E-state index contributed by atoms with van der Waals surface area (Å²) in [5, 5.41) is 54.3. The van der Waals surface area contributed by atoms with Crippen LogP contribution in [0.25, 0.3) is 20.9 Å². The molecule has 0 aliphatic carbocycles. The Hall–Kier alpha value is -1.62. The lowest BCUT2D eigenvalue weighted by molar-refractivity contribution is -0.269. The van der Waals surface area contributed by atoms with Crippen molar-refractivity contribution in [1.82, 2.24) is 0 Å². The van der Waals surface area contributed by atoms with E-state index in [-0.39, 0.29) is 0 Å². The summed E-state index contributed by atoms with van der Waals surface area (Å²) in [6, 6.07) is -1.45. The van der Waals surface area contributed by atoms with Crippen LogP contribution in [0.1, 0.15) is 0 Å². The van der Waals surface area contributed by atoms with Crippen molar-refractivity contribution >= 4 is 0 Å². The van der Waals surface area contributed by atoms with E-state index in [2.05, 4.69) is 20.1 Å². The molecule has 20 heavy (non-hydrogen) atoms. The van der Waals surface area contributed by atoms with E-state index < -0.39 is 49.4 Å². The van der Waals surface area contributed by atoms with Crippen LogP contribution < -0.4 is 0 Å². The van der Waals surface area contributed by atoms with Crippen molar-refractivity contribution in [2.75, 3.05) is 6.54 Å². The Labute approximate surface area is 112 Å². The first-order valence-corrected chi connectivity index (χ1v) is 5.55. The minimum absolute atomic E-state index is 0.490. The van der Waals surface area contributed by atoms with E-state index in [9.17, 15) is 25.5 Å². The van der Waals surface area contributed by atoms with Crippen LogP contribution in [0.15, 0.2) is 10.2 Å². The predicted molar refractivity (Wildman–Crippen MR) is 61.9 cm³/mol. The summed E-state index contributed by atoms with van der Waals surface area (Å²) in [4.78, 5) is 4.77. The van der Waals surface area contributed by atoms with Gasteiger partial charge in [-0.2, -0.15) is 0 Å². The van der Waals surface area contributed by atoms with Crippen LogP contribution in [0.2, 0.25) is 0 Å². The zero-order valence-electron chi connectivity index (χ0n) is 10.1. The Bertz CT molecular complexity index is 420. The van der Waals surface area contributed by atoms with Gasteiger partial charge in [0.2, 0.25) is 0 Å². The van der Waals surface area contributed by atoms with Crippen molar-refractivity contribution in [3.8, 4) is 0 Å². The van der Waals surface area contributed by atoms with E-state index in [0.717, 1.165) is 0 Å². The highest BCUT2D eigenvalue weighted by molar-refractivity contribution is 4.97. The van der Waals surface area contributed by atoms with Crippen molar-refractivity contribution in [2.45, 2.75) is 42.9 Å². The quantitative estimate of drug-likeness (QED) is 0.222. The largest absolute Gasteiger partial charge is 0.390 e. The smallest absolute Gasteiger partial charge is 0.166 e. The number of azide groups is 2. The Morgan fingerprint density at radius 1 is 1.10 bits per heavy atom. The van der Waals surface area contributed by atoms with Crippen LogP contribution in [-0.2, 0) is 4.74 Å². The second-order valence-corrected chi connectivity index (χ2v) is 4.14. The van der Waals surface area contributed by atoms with Gasteiger partial charge in [0, 0.05) is 9.82 Å². The normalized spacial score (nSPS) is 36.4. The molecule has 12 heteroatoms. The first-order valence-electron chi connectivity index (χ1n) is 5.55. The maximum absolute atomic E-state index is 9.75. The van der Waals surface area contributed by atoms with Gasteiger partial charge in [-0.3, -0.25) is 0 Å². The van der Waals surface area contributed by atoms with Gasteiger partial charge >= 0.3 is 0 Å². The molecule has 1 rings (SSSR count). The van der Waals surface area contributed by atoms with Crippen LogP contribution in [0.5, 0.6) is 0 Å². The molecule has 0 radical (unpaired) electrons. The summed E-state index contributed by atoms with van der Waals surface area (Å²) in [6.07, 6.45) is -10.0. The first-order chi connectivity index (χ1) is 9.43. The Kier molecular flexibility index (Phi) is 5.95. The third kappa shape index (κ3) is 3.48. The molecule has 1 fully saturated rings. The molecule has 112 valence electrons. The molecular weight excluding hydrogens is 276 g/mol. The van der Waals surface area contributed by atoms with Gasteiger partial charge in [0.1, 0.15) is 24.4 Å². The molecule has 0 bridgehead atoms. The van der Waals surface area contributed by atoms with Crippen molar-refractivity contribution in [3.63, 3.8) is 0 Å². The molecule has 0 aromatic heterocycles. The maximum Gasteiger partial charge on any atom is 0.166 e. The van der Waals surface area contributed by atoms with E-state index in [1.807, 2.05) is 0 Å². The fourth-order valence-corrected chi connectivity index (χ4v) is 1.80. The zero-order chi connectivity index (χ0) is 15.3. The highest BCUT2D eigenvalue weighted by atomic mass is 16.6. The van der Waals surface area contributed by atoms with E-state index in [1.54, 1.807) is 0 Å². The van der Waals surface area contributed by atoms with Gasteiger partial charge in [-0.25, -0.2) is 0 Å². The molecule has 1 aliphatic rings. The summed E-state index contributed by atoms with van der Waals surface area (Å²) in [7, 11) is 0. The van der Waals surface area contributed by atoms with E-state index in [0.29, 0.717) is 0 Å². The Morgan fingerprint density at radius 3 is 2.30 bits per heavy atom.